The average Bonchev–Trinajstić information content (AvgIpc) is 3.78. The molecule has 2 heterocycles. The van der Waals surface area contributed by atoms with Crippen LogP contribution in [0.15, 0.2) is 291 Å². The smallest absolute Gasteiger partial charge is 0.179 e. The van der Waals surface area contributed by atoms with Crippen molar-refractivity contribution < 1.29 is 0 Å². The van der Waals surface area contributed by atoms with Crippen molar-refractivity contribution in [2.24, 2.45) is 0 Å². The molecule has 0 aliphatic carbocycles. The van der Waals surface area contributed by atoms with Crippen molar-refractivity contribution in [3.63, 3.8) is 0 Å². The van der Waals surface area contributed by atoms with Gasteiger partial charge < -0.3 is 4.57 Å². The molecule has 0 aliphatic heterocycles. The summed E-state index contributed by atoms with van der Waals surface area (Å²) in [6, 6.07) is 108. The number of para-hydroxylation sites is 2. The van der Waals surface area contributed by atoms with Crippen LogP contribution in [0.25, 0.3) is 50.0 Å². The minimum Gasteiger partial charge on any atom is -0.309 e. The number of fused-ring (bicyclic) bond motifs is 3. The lowest BCUT2D eigenvalue weighted by Crippen LogP contribution is -2.74. The van der Waals surface area contributed by atoms with Gasteiger partial charge in [0, 0.05) is 21.9 Å². The molecular weight excluding hydrogens is 865 g/mol. The third kappa shape index (κ3) is 7.21. The summed E-state index contributed by atoms with van der Waals surface area (Å²) < 4.78 is 2.43. The number of benzene rings is 10. The summed E-state index contributed by atoms with van der Waals surface area (Å²) in [6.07, 6.45) is 0. The van der Waals surface area contributed by atoms with Crippen LogP contribution in [-0.4, -0.2) is 25.7 Å². The largest absolute Gasteiger partial charge is 0.309 e. The zero-order chi connectivity index (χ0) is 46.0. The third-order valence-corrected chi connectivity index (χ3v) is 23.6. The Morgan fingerprint density at radius 2 is 0.522 bits per heavy atom. The van der Waals surface area contributed by atoms with Crippen molar-refractivity contribution in [2.45, 2.75) is 0 Å². The first kappa shape index (κ1) is 42.0. The number of nitrogens with zero attached hydrogens (tertiary/aromatic N) is 2. The van der Waals surface area contributed by atoms with E-state index in [2.05, 4.69) is 296 Å². The van der Waals surface area contributed by atoms with Crippen LogP contribution in [-0.2, 0) is 0 Å². The Morgan fingerprint density at radius 3 is 0.841 bits per heavy atom. The summed E-state index contributed by atoms with van der Waals surface area (Å²) in [6.45, 7) is 0. The minimum atomic E-state index is -2.83. The van der Waals surface area contributed by atoms with Gasteiger partial charge in [0.2, 0.25) is 0 Å². The van der Waals surface area contributed by atoms with Gasteiger partial charge in [0.15, 0.2) is 16.1 Å². The van der Waals surface area contributed by atoms with Crippen LogP contribution < -0.4 is 41.5 Å². The van der Waals surface area contributed by atoms with Crippen molar-refractivity contribution in [1.82, 2.24) is 9.55 Å². The minimum absolute atomic E-state index is 0.923. The zero-order valence-electron chi connectivity index (χ0n) is 38.1. The Bertz CT molecular complexity index is 3270. The predicted octanol–water partition coefficient (Wildman–Crippen LogP) is 10.3. The molecule has 4 heteroatoms. The average molecular weight is 913 g/mol. The number of hydrogen-bond acceptors (Lipinski definition) is 1. The molecule has 326 valence electrons. The standard InChI is InChI=1S/C65H48N2Si2/c1-7-27-52(28-8-1)68(53-29-9-2-10-30-53,54-31-11-3-12-32-54)58-39-23-25-49(45-58)62-47-51(67-64-43-21-19-41-60(64)61-42-20-22-44-65(61)67)48-63(66-62)50-26-24-40-59(46-50)69(55-33-13-4-14-34-55,56-35-15-5-16-36-56)57-37-17-6-18-38-57/h1-48H. The molecule has 0 atom stereocenters. The van der Waals surface area contributed by atoms with Crippen molar-refractivity contribution >= 4 is 79.4 Å². The lowest BCUT2D eigenvalue weighted by atomic mass is 10.1. The summed E-state index contributed by atoms with van der Waals surface area (Å²) in [5, 5.41) is 13.1. The molecule has 0 unspecified atom stereocenters. The second-order valence-corrected chi connectivity index (χ2v) is 25.4. The third-order valence-electron chi connectivity index (χ3n) is 14.1. The monoisotopic (exact) mass is 912 g/mol. The van der Waals surface area contributed by atoms with E-state index in [9.17, 15) is 0 Å². The lowest BCUT2D eigenvalue weighted by Gasteiger charge is -2.34. The number of hydrogen-bond donors (Lipinski definition) is 0. The topological polar surface area (TPSA) is 17.8 Å². The zero-order valence-corrected chi connectivity index (χ0v) is 40.1. The first-order valence-electron chi connectivity index (χ1n) is 23.8. The second kappa shape index (κ2) is 18.0. The molecule has 0 radical (unpaired) electrons. The van der Waals surface area contributed by atoms with E-state index in [1.54, 1.807) is 0 Å². The fourth-order valence-corrected chi connectivity index (χ4v) is 20.7. The van der Waals surface area contributed by atoms with Crippen molar-refractivity contribution in [2.75, 3.05) is 0 Å². The Kier molecular flexibility index (Phi) is 11.0. The van der Waals surface area contributed by atoms with Gasteiger partial charge in [-0.25, -0.2) is 4.98 Å². The highest BCUT2D eigenvalue weighted by atomic mass is 28.3. The molecule has 69 heavy (non-hydrogen) atoms. The second-order valence-electron chi connectivity index (χ2n) is 17.8. The summed E-state index contributed by atoms with van der Waals surface area (Å²) in [4.78, 5) is 5.74. The van der Waals surface area contributed by atoms with Gasteiger partial charge in [-0.15, -0.1) is 0 Å². The SMILES string of the molecule is c1ccc([Si](c2ccccc2)(c2ccccc2)c2cccc(-c3cc(-n4c5ccccc5c5ccccc54)cc(-c4cccc([Si](c5ccccc5)(c5ccccc5)c5ccccc5)c4)n3)c2)cc1. The normalized spacial score (nSPS) is 11.8. The first-order valence-corrected chi connectivity index (χ1v) is 27.8. The van der Waals surface area contributed by atoms with Gasteiger partial charge in [-0.1, -0.05) is 267 Å². The molecule has 10 aromatic carbocycles. The van der Waals surface area contributed by atoms with Gasteiger partial charge in [-0.3, -0.25) is 0 Å². The number of rotatable bonds is 11. The molecule has 0 amide bonds. The maximum atomic E-state index is 5.74. The highest BCUT2D eigenvalue weighted by Gasteiger charge is 2.43. The van der Waals surface area contributed by atoms with Gasteiger partial charge in [0.25, 0.3) is 0 Å². The Balaban J connectivity index is 1.13. The molecule has 0 bridgehead atoms. The first-order chi connectivity index (χ1) is 34.2. The molecule has 0 spiro atoms. The van der Waals surface area contributed by atoms with E-state index in [-0.39, 0.29) is 0 Å². The number of aromatic nitrogens is 2. The van der Waals surface area contributed by atoms with Crippen LogP contribution >= 0.6 is 0 Å². The maximum absolute atomic E-state index is 5.74. The van der Waals surface area contributed by atoms with E-state index in [0.717, 1.165) is 39.2 Å². The van der Waals surface area contributed by atoms with E-state index < -0.39 is 16.1 Å². The van der Waals surface area contributed by atoms with Gasteiger partial charge >= 0.3 is 0 Å². The van der Waals surface area contributed by atoms with E-state index in [1.165, 1.54) is 52.3 Å². The maximum Gasteiger partial charge on any atom is 0.179 e. The van der Waals surface area contributed by atoms with E-state index in [1.807, 2.05) is 0 Å². The quantitative estimate of drug-likeness (QED) is 0.0934. The summed E-state index contributed by atoms with van der Waals surface area (Å²) in [7, 11) is -5.67. The molecule has 12 rings (SSSR count). The van der Waals surface area contributed by atoms with E-state index in [0.29, 0.717) is 0 Å². The molecule has 0 saturated heterocycles. The van der Waals surface area contributed by atoms with Crippen LogP contribution in [0.5, 0.6) is 0 Å². The summed E-state index contributed by atoms with van der Waals surface area (Å²) in [5.74, 6) is 0. The molecule has 0 aliphatic rings. The fraction of sp³-hybridized carbons (Fsp3) is 0. The molecule has 0 fully saturated rings. The van der Waals surface area contributed by atoms with E-state index in [4.69, 9.17) is 4.98 Å². The predicted molar refractivity (Wildman–Crippen MR) is 297 cm³/mol. The molecule has 0 saturated carbocycles. The Labute approximate surface area is 406 Å². The Hall–Kier alpha value is -8.42. The number of pyridine rings is 1. The van der Waals surface area contributed by atoms with E-state index >= 15 is 0 Å². The molecule has 12 aromatic rings. The van der Waals surface area contributed by atoms with Gasteiger partial charge in [-0.05, 0) is 65.8 Å². The summed E-state index contributed by atoms with van der Waals surface area (Å²) in [5.41, 5.74) is 7.40. The van der Waals surface area contributed by atoms with Crippen LogP contribution in [0.3, 0.4) is 0 Å². The highest BCUT2D eigenvalue weighted by Crippen LogP contribution is 2.35. The van der Waals surface area contributed by atoms with Gasteiger partial charge in [-0.2, -0.15) is 0 Å². The van der Waals surface area contributed by atoms with Gasteiger partial charge in [0.1, 0.15) is 0 Å². The summed E-state index contributed by atoms with van der Waals surface area (Å²) >= 11 is 0. The molecule has 0 N–H and O–H groups in total. The Morgan fingerprint density at radius 1 is 0.246 bits per heavy atom. The lowest BCUT2D eigenvalue weighted by molar-refractivity contribution is 1.16. The van der Waals surface area contributed by atoms with Crippen molar-refractivity contribution in [1.29, 1.82) is 0 Å². The van der Waals surface area contributed by atoms with Crippen molar-refractivity contribution in [3.05, 3.63) is 291 Å². The molecular formula is C65H48N2Si2. The van der Waals surface area contributed by atoms with Crippen molar-refractivity contribution in [3.8, 4) is 28.2 Å². The molecule has 2 aromatic heterocycles. The van der Waals surface area contributed by atoms with Gasteiger partial charge in [0.05, 0.1) is 28.1 Å². The highest BCUT2D eigenvalue weighted by molar-refractivity contribution is 7.20. The van der Waals surface area contributed by atoms with Crippen LogP contribution in [0, 0.1) is 0 Å². The molecule has 2 nitrogen and oxygen atoms in total. The van der Waals surface area contributed by atoms with Crippen LogP contribution in [0.4, 0.5) is 0 Å². The fourth-order valence-electron chi connectivity index (χ4n) is 11.1. The van der Waals surface area contributed by atoms with Crippen LogP contribution in [0.2, 0.25) is 0 Å². The van der Waals surface area contributed by atoms with Crippen LogP contribution in [0.1, 0.15) is 0 Å².